The van der Waals surface area contributed by atoms with Crippen molar-refractivity contribution in [3.8, 4) is 0 Å². The van der Waals surface area contributed by atoms with Gasteiger partial charge >= 0.3 is 17.9 Å². The minimum atomic E-state index is -0.832. The Balaban J connectivity index is 4.27. The average molecular weight is 998 g/mol. The molecule has 6 heteroatoms. The maximum absolute atomic E-state index is 12.8. The molecule has 6 nitrogen and oxygen atoms in total. The van der Waals surface area contributed by atoms with E-state index in [1.165, 1.54) is 116 Å². The van der Waals surface area contributed by atoms with Gasteiger partial charge in [-0.25, -0.2) is 0 Å². The van der Waals surface area contributed by atoms with Gasteiger partial charge in [-0.05, 0) is 89.9 Å². The summed E-state index contributed by atoms with van der Waals surface area (Å²) in [5.74, 6) is -1.05. The number of ether oxygens (including phenoxy) is 3. The van der Waals surface area contributed by atoms with Crippen molar-refractivity contribution in [2.45, 2.75) is 264 Å². The maximum atomic E-state index is 12.8. The van der Waals surface area contributed by atoms with Gasteiger partial charge in [0, 0.05) is 12.8 Å². The first-order valence-corrected chi connectivity index (χ1v) is 29.5. The Kier molecular flexibility index (Phi) is 55.9. The van der Waals surface area contributed by atoms with Gasteiger partial charge in [-0.1, -0.05) is 271 Å². The second kappa shape index (κ2) is 59.4. The number of carbonyl (C=O) groups excluding carboxylic acids is 3. The molecule has 408 valence electrons. The van der Waals surface area contributed by atoms with Crippen molar-refractivity contribution in [2.75, 3.05) is 13.2 Å². The molecule has 0 bridgehead atoms. The minimum Gasteiger partial charge on any atom is -0.462 e. The van der Waals surface area contributed by atoms with Crippen LogP contribution in [-0.2, 0) is 28.6 Å². The Morgan fingerprint density at radius 1 is 0.306 bits per heavy atom. The number of carbonyl (C=O) groups is 3. The van der Waals surface area contributed by atoms with E-state index in [1.54, 1.807) is 6.08 Å². The highest BCUT2D eigenvalue weighted by Gasteiger charge is 2.19. The standard InChI is InChI=1S/C66H108O6/c1-4-7-10-13-16-19-22-24-26-27-28-29-30-31-32-33-34-35-36-37-38-39-41-42-44-47-50-53-56-59-65(68)71-62-63(61-70-64(67)58-55-52-49-46-21-18-15-12-9-6-3)72-66(69)60-57-54-51-48-45-43-40-25-23-20-17-14-11-8-5-2/h7-8,10-11,16-17,19-20,24-26,28-29,31-32,40,45,48,54,57,63H,4-6,9,12-15,18,21-23,27,30,33-39,41-44,46-47,49-53,55-56,58-62H2,1-3H3/b10-7-,11-8-,19-16-,20-17-,26-24-,29-28-,32-31-,40-25-,48-45-,57-54-. The van der Waals surface area contributed by atoms with Crippen LogP contribution in [0.1, 0.15) is 258 Å². The molecule has 0 aromatic heterocycles. The molecule has 0 radical (unpaired) electrons. The summed E-state index contributed by atoms with van der Waals surface area (Å²) in [6.45, 7) is 6.31. The number of rotatable bonds is 52. The third-order valence-corrected chi connectivity index (χ3v) is 12.2. The van der Waals surface area contributed by atoms with E-state index in [2.05, 4.69) is 130 Å². The Hall–Kier alpha value is -4.19. The molecule has 0 aliphatic carbocycles. The summed E-state index contributed by atoms with van der Waals surface area (Å²) in [5.41, 5.74) is 0. The lowest BCUT2D eigenvalue weighted by molar-refractivity contribution is -0.166. The Morgan fingerprint density at radius 2 is 0.583 bits per heavy atom. The smallest absolute Gasteiger partial charge is 0.310 e. The lowest BCUT2D eigenvalue weighted by Crippen LogP contribution is -2.30. The number of hydrogen-bond acceptors (Lipinski definition) is 6. The van der Waals surface area contributed by atoms with E-state index >= 15 is 0 Å². The van der Waals surface area contributed by atoms with E-state index < -0.39 is 12.1 Å². The topological polar surface area (TPSA) is 78.9 Å². The molecule has 0 heterocycles. The van der Waals surface area contributed by atoms with Gasteiger partial charge in [0.25, 0.3) is 0 Å². The second-order valence-electron chi connectivity index (χ2n) is 19.2. The summed E-state index contributed by atoms with van der Waals surface area (Å²) in [5, 5.41) is 0. The maximum Gasteiger partial charge on any atom is 0.310 e. The predicted molar refractivity (Wildman–Crippen MR) is 311 cm³/mol. The van der Waals surface area contributed by atoms with Gasteiger partial charge in [0.1, 0.15) is 13.2 Å². The van der Waals surface area contributed by atoms with Crippen molar-refractivity contribution >= 4 is 17.9 Å². The molecule has 0 aliphatic rings. The number of unbranched alkanes of at least 4 members (excludes halogenated alkanes) is 22. The van der Waals surface area contributed by atoms with Crippen LogP contribution in [0, 0.1) is 0 Å². The summed E-state index contributed by atoms with van der Waals surface area (Å²) < 4.78 is 16.7. The third-order valence-electron chi connectivity index (χ3n) is 12.2. The summed E-state index contributed by atoms with van der Waals surface area (Å²) >= 11 is 0. The van der Waals surface area contributed by atoms with Crippen LogP contribution in [0.3, 0.4) is 0 Å². The highest BCUT2D eigenvalue weighted by molar-refractivity contribution is 5.72. The van der Waals surface area contributed by atoms with E-state index in [0.717, 1.165) is 103 Å². The normalized spacial score (nSPS) is 13.0. The lowest BCUT2D eigenvalue weighted by atomic mass is 10.0. The molecule has 0 amide bonds. The Labute approximate surface area is 443 Å². The Bertz CT molecular complexity index is 1520. The fourth-order valence-electron chi connectivity index (χ4n) is 7.90. The largest absolute Gasteiger partial charge is 0.462 e. The molecule has 0 saturated heterocycles. The highest BCUT2D eigenvalue weighted by Crippen LogP contribution is 2.15. The van der Waals surface area contributed by atoms with Gasteiger partial charge in [-0.15, -0.1) is 0 Å². The molecule has 1 unspecified atom stereocenters. The molecule has 0 spiro atoms. The predicted octanol–water partition coefficient (Wildman–Crippen LogP) is 20.0. The van der Waals surface area contributed by atoms with Crippen molar-refractivity contribution in [1.82, 2.24) is 0 Å². The molecule has 0 saturated carbocycles. The van der Waals surface area contributed by atoms with Crippen LogP contribution >= 0.6 is 0 Å². The molecule has 0 aromatic rings. The summed E-state index contributed by atoms with van der Waals surface area (Å²) in [4.78, 5) is 38.0. The first-order chi connectivity index (χ1) is 35.5. The van der Waals surface area contributed by atoms with E-state index in [1.807, 2.05) is 6.08 Å². The third kappa shape index (κ3) is 56.7. The highest BCUT2D eigenvalue weighted by atomic mass is 16.6. The lowest BCUT2D eigenvalue weighted by Gasteiger charge is -2.18. The quantitative estimate of drug-likeness (QED) is 0.0261. The SMILES string of the molecule is CC/C=C\C/C=C\C/C=C\C/C=C\C/C=C\CCCCCCCCCCCCCCCC(=O)OCC(COC(=O)CCCCCCCCCCCC)OC(=O)C/C=C\C/C=C\C/C=C\C/C=C\C/C=C\CC. The van der Waals surface area contributed by atoms with E-state index in [-0.39, 0.29) is 31.6 Å². The zero-order chi connectivity index (χ0) is 52.2. The van der Waals surface area contributed by atoms with Gasteiger partial charge in [0.15, 0.2) is 6.10 Å². The fraction of sp³-hybridized carbons (Fsp3) is 0.652. The van der Waals surface area contributed by atoms with Crippen LogP contribution < -0.4 is 0 Å². The number of esters is 3. The van der Waals surface area contributed by atoms with Gasteiger partial charge in [-0.2, -0.15) is 0 Å². The molecular formula is C66H108O6. The van der Waals surface area contributed by atoms with E-state index in [0.29, 0.717) is 12.8 Å². The van der Waals surface area contributed by atoms with Crippen molar-refractivity contribution in [3.63, 3.8) is 0 Å². The molecule has 0 rings (SSSR count). The second-order valence-corrected chi connectivity index (χ2v) is 19.2. The first kappa shape index (κ1) is 67.8. The molecule has 0 aliphatic heterocycles. The van der Waals surface area contributed by atoms with Crippen molar-refractivity contribution in [2.24, 2.45) is 0 Å². The van der Waals surface area contributed by atoms with Crippen LogP contribution in [0.15, 0.2) is 122 Å². The molecule has 0 aromatic carbocycles. The van der Waals surface area contributed by atoms with Crippen molar-refractivity contribution < 1.29 is 28.6 Å². The fourth-order valence-corrected chi connectivity index (χ4v) is 7.90. The van der Waals surface area contributed by atoms with Gasteiger partial charge in [0.05, 0.1) is 6.42 Å². The zero-order valence-electron chi connectivity index (χ0n) is 46.7. The van der Waals surface area contributed by atoms with E-state index in [4.69, 9.17) is 14.2 Å². The summed E-state index contributed by atoms with van der Waals surface area (Å²) in [6.07, 6.45) is 82.4. The molecule has 1 atom stereocenters. The minimum absolute atomic E-state index is 0.0952. The molecule has 0 fully saturated rings. The van der Waals surface area contributed by atoms with Crippen LogP contribution in [0.4, 0.5) is 0 Å². The van der Waals surface area contributed by atoms with Gasteiger partial charge in [0.2, 0.25) is 0 Å². The Morgan fingerprint density at radius 3 is 0.917 bits per heavy atom. The molecule has 0 N–H and O–H groups in total. The molecule has 72 heavy (non-hydrogen) atoms. The van der Waals surface area contributed by atoms with Crippen molar-refractivity contribution in [3.05, 3.63) is 122 Å². The summed E-state index contributed by atoms with van der Waals surface area (Å²) in [7, 11) is 0. The van der Waals surface area contributed by atoms with Gasteiger partial charge < -0.3 is 14.2 Å². The van der Waals surface area contributed by atoms with Crippen LogP contribution in [-0.4, -0.2) is 37.2 Å². The first-order valence-electron chi connectivity index (χ1n) is 29.5. The number of allylic oxidation sites excluding steroid dienone is 19. The van der Waals surface area contributed by atoms with Crippen molar-refractivity contribution in [1.29, 1.82) is 0 Å². The van der Waals surface area contributed by atoms with Crippen LogP contribution in [0.2, 0.25) is 0 Å². The van der Waals surface area contributed by atoms with E-state index in [9.17, 15) is 14.4 Å². The van der Waals surface area contributed by atoms with Crippen LogP contribution in [0.25, 0.3) is 0 Å². The zero-order valence-corrected chi connectivity index (χ0v) is 46.7. The van der Waals surface area contributed by atoms with Gasteiger partial charge in [-0.3, -0.25) is 14.4 Å². The average Bonchev–Trinajstić information content (AvgIpc) is 3.38. The summed E-state index contributed by atoms with van der Waals surface area (Å²) in [6, 6.07) is 0. The molecular weight excluding hydrogens is 889 g/mol. The van der Waals surface area contributed by atoms with Crippen LogP contribution in [0.5, 0.6) is 0 Å². The monoisotopic (exact) mass is 997 g/mol. The number of hydrogen-bond donors (Lipinski definition) is 0.